The fourth-order valence-electron chi connectivity index (χ4n) is 2.11. The van der Waals surface area contributed by atoms with Gasteiger partial charge in [0.05, 0.1) is 17.3 Å². The number of halogens is 1. The first kappa shape index (κ1) is 16.5. The Hall–Kier alpha value is -1.87. The molecule has 0 aromatic heterocycles. The SMILES string of the molecule is CC(O)OCOC(O)C(C)N1C(=O)C(=O)c2cc(F)ccc21. The minimum atomic E-state index is -1.45. The predicted octanol–water partition coefficient (Wildman–Crippen LogP) is 0.391. The van der Waals surface area contributed by atoms with Crippen LogP contribution in [0, 0.1) is 5.82 Å². The van der Waals surface area contributed by atoms with Gasteiger partial charge in [0.25, 0.3) is 11.7 Å². The summed E-state index contributed by atoms with van der Waals surface area (Å²) in [6.07, 6.45) is -2.52. The number of ether oxygens (including phenoxy) is 2. The van der Waals surface area contributed by atoms with Gasteiger partial charge in [0.2, 0.25) is 0 Å². The Morgan fingerprint density at radius 2 is 1.91 bits per heavy atom. The zero-order valence-corrected chi connectivity index (χ0v) is 12.0. The van der Waals surface area contributed by atoms with Crippen LogP contribution >= 0.6 is 0 Å². The lowest BCUT2D eigenvalue weighted by Gasteiger charge is -2.28. The van der Waals surface area contributed by atoms with Crippen molar-refractivity contribution >= 4 is 17.4 Å². The van der Waals surface area contributed by atoms with Crippen LogP contribution in [-0.4, -0.2) is 47.3 Å². The molecule has 120 valence electrons. The highest BCUT2D eigenvalue weighted by Gasteiger charge is 2.41. The number of hydrogen-bond acceptors (Lipinski definition) is 6. The van der Waals surface area contributed by atoms with Crippen LogP contribution in [0.15, 0.2) is 18.2 Å². The standard InChI is InChI=1S/C14H16FNO6/c1-7(14(20)22-6-21-8(2)17)16-11-4-3-9(15)5-10(11)12(18)13(16)19/h3-5,7-8,14,17,20H,6H2,1-2H3. The number of aliphatic hydroxyl groups excluding tert-OH is 2. The molecular weight excluding hydrogens is 297 g/mol. The van der Waals surface area contributed by atoms with Crippen LogP contribution in [-0.2, 0) is 14.3 Å². The number of ketones is 1. The highest BCUT2D eigenvalue weighted by atomic mass is 19.1. The number of carbonyl (C=O) groups is 2. The van der Waals surface area contributed by atoms with Crippen molar-refractivity contribution in [3.8, 4) is 0 Å². The number of fused-ring (bicyclic) bond motifs is 1. The molecule has 1 aromatic rings. The summed E-state index contributed by atoms with van der Waals surface area (Å²) in [5, 5.41) is 18.8. The monoisotopic (exact) mass is 313 g/mol. The molecule has 1 amide bonds. The summed E-state index contributed by atoms with van der Waals surface area (Å²) in [6.45, 7) is 2.44. The normalized spacial score (nSPS) is 18.3. The molecule has 0 radical (unpaired) electrons. The van der Waals surface area contributed by atoms with Crippen molar-refractivity contribution in [2.45, 2.75) is 32.5 Å². The van der Waals surface area contributed by atoms with Gasteiger partial charge in [-0.1, -0.05) is 0 Å². The minimum absolute atomic E-state index is 0.0516. The van der Waals surface area contributed by atoms with Gasteiger partial charge < -0.3 is 19.7 Å². The number of benzene rings is 1. The van der Waals surface area contributed by atoms with Gasteiger partial charge in [-0.15, -0.1) is 0 Å². The van der Waals surface area contributed by atoms with E-state index in [2.05, 4.69) is 0 Å². The van der Waals surface area contributed by atoms with Gasteiger partial charge in [-0.25, -0.2) is 4.39 Å². The maximum Gasteiger partial charge on any atom is 0.299 e. The lowest BCUT2D eigenvalue weighted by atomic mass is 10.1. The summed E-state index contributed by atoms with van der Waals surface area (Å²) >= 11 is 0. The molecular formula is C14H16FNO6. The van der Waals surface area contributed by atoms with Crippen LogP contribution in [0.2, 0.25) is 0 Å². The van der Waals surface area contributed by atoms with E-state index in [4.69, 9.17) is 14.6 Å². The van der Waals surface area contributed by atoms with Gasteiger partial charge in [0, 0.05) is 0 Å². The third kappa shape index (κ3) is 3.14. The Bertz CT molecular complexity index is 591. The third-order valence-corrected chi connectivity index (χ3v) is 3.24. The second-order valence-corrected chi connectivity index (χ2v) is 4.85. The first-order valence-corrected chi connectivity index (χ1v) is 6.59. The van der Waals surface area contributed by atoms with E-state index in [1.807, 2.05) is 0 Å². The number of carbonyl (C=O) groups excluding carboxylic acids is 2. The van der Waals surface area contributed by atoms with Gasteiger partial charge >= 0.3 is 0 Å². The number of hydrogen-bond donors (Lipinski definition) is 2. The minimum Gasteiger partial charge on any atom is -0.368 e. The molecule has 1 aliphatic rings. The molecule has 2 rings (SSSR count). The van der Waals surface area contributed by atoms with E-state index in [1.54, 1.807) is 0 Å². The van der Waals surface area contributed by atoms with Gasteiger partial charge in [0.1, 0.15) is 5.82 Å². The van der Waals surface area contributed by atoms with Gasteiger partial charge in [0.15, 0.2) is 19.4 Å². The molecule has 2 N–H and O–H groups in total. The van der Waals surface area contributed by atoms with Crippen LogP contribution in [0.1, 0.15) is 24.2 Å². The lowest BCUT2D eigenvalue weighted by Crippen LogP contribution is -2.46. The van der Waals surface area contributed by atoms with E-state index in [0.717, 1.165) is 17.0 Å². The molecule has 8 heteroatoms. The Kier molecular flexibility index (Phi) is 4.87. The van der Waals surface area contributed by atoms with Gasteiger partial charge in [-0.05, 0) is 32.0 Å². The first-order chi connectivity index (χ1) is 10.3. The Morgan fingerprint density at radius 1 is 1.23 bits per heavy atom. The lowest BCUT2D eigenvalue weighted by molar-refractivity contribution is -0.220. The van der Waals surface area contributed by atoms with Crippen molar-refractivity contribution < 1.29 is 33.7 Å². The number of amides is 1. The van der Waals surface area contributed by atoms with Crippen LogP contribution in [0.25, 0.3) is 0 Å². The smallest absolute Gasteiger partial charge is 0.299 e. The average molecular weight is 313 g/mol. The number of anilines is 1. The molecule has 22 heavy (non-hydrogen) atoms. The molecule has 1 aromatic carbocycles. The van der Waals surface area contributed by atoms with Crippen LogP contribution in [0.3, 0.4) is 0 Å². The third-order valence-electron chi connectivity index (χ3n) is 3.24. The zero-order valence-electron chi connectivity index (χ0n) is 12.0. The molecule has 3 unspecified atom stereocenters. The largest absolute Gasteiger partial charge is 0.368 e. The first-order valence-electron chi connectivity index (χ1n) is 6.59. The Labute approximate surface area is 125 Å². The van der Waals surface area contributed by atoms with Crippen LogP contribution < -0.4 is 4.90 Å². The number of Topliss-reactive ketones (excluding diaryl/α,β-unsaturated/α-hetero) is 1. The Morgan fingerprint density at radius 3 is 2.55 bits per heavy atom. The van der Waals surface area contributed by atoms with Crippen molar-refractivity contribution in [2.75, 3.05) is 11.7 Å². The summed E-state index contributed by atoms with van der Waals surface area (Å²) in [6, 6.07) is 2.49. The van der Waals surface area contributed by atoms with Crippen molar-refractivity contribution in [1.29, 1.82) is 0 Å². The second-order valence-electron chi connectivity index (χ2n) is 4.85. The molecule has 1 aliphatic heterocycles. The number of rotatable bonds is 6. The highest BCUT2D eigenvalue weighted by molar-refractivity contribution is 6.52. The number of aliphatic hydroxyl groups is 2. The van der Waals surface area contributed by atoms with Crippen molar-refractivity contribution in [2.24, 2.45) is 0 Å². The predicted molar refractivity (Wildman–Crippen MR) is 72.4 cm³/mol. The molecule has 0 aliphatic carbocycles. The van der Waals surface area contributed by atoms with E-state index in [-0.39, 0.29) is 11.3 Å². The van der Waals surface area contributed by atoms with Crippen LogP contribution in [0.5, 0.6) is 0 Å². The quantitative estimate of drug-likeness (QED) is 0.582. The van der Waals surface area contributed by atoms with Crippen LogP contribution in [0.4, 0.5) is 10.1 Å². The molecule has 3 atom stereocenters. The topological polar surface area (TPSA) is 96.3 Å². The molecule has 7 nitrogen and oxygen atoms in total. The van der Waals surface area contributed by atoms with Crippen molar-refractivity contribution in [1.82, 2.24) is 0 Å². The van der Waals surface area contributed by atoms with E-state index >= 15 is 0 Å². The summed E-state index contributed by atoms with van der Waals surface area (Å²) in [5.74, 6) is -2.34. The Balaban J connectivity index is 2.15. The van der Waals surface area contributed by atoms with E-state index in [0.29, 0.717) is 0 Å². The molecule has 0 fully saturated rings. The summed E-state index contributed by atoms with van der Waals surface area (Å²) in [7, 11) is 0. The van der Waals surface area contributed by atoms with Crippen molar-refractivity contribution in [3.63, 3.8) is 0 Å². The fraction of sp³-hybridized carbons (Fsp3) is 0.429. The van der Waals surface area contributed by atoms with Gasteiger partial charge in [-0.2, -0.15) is 0 Å². The fourth-order valence-corrected chi connectivity index (χ4v) is 2.11. The molecule has 0 saturated heterocycles. The zero-order chi connectivity index (χ0) is 16.4. The molecule has 0 saturated carbocycles. The summed E-state index contributed by atoms with van der Waals surface area (Å²) < 4.78 is 22.9. The maximum atomic E-state index is 13.2. The molecule has 0 bridgehead atoms. The average Bonchev–Trinajstić information content (AvgIpc) is 2.70. The molecule has 1 heterocycles. The summed E-state index contributed by atoms with van der Waals surface area (Å²) in [4.78, 5) is 24.9. The van der Waals surface area contributed by atoms with E-state index in [9.17, 15) is 19.1 Å². The highest BCUT2D eigenvalue weighted by Crippen LogP contribution is 2.32. The van der Waals surface area contributed by atoms with E-state index in [1.165, 1.54) is 19.9 Å². The molecule has 0 spiro atoms. The second kappa shape index (κ2) is 6.49. The summed E-state index contributed by atoms with van der Waals surface area (Å²) in [5.41, 5.74) is 0.160. The number of nitrogens with zero attached hydrogens (tertiary/aromatic N) is 1. The maximum absolute atomic E-state index is 13.2. The van der Waals surface area contributed by atoms with E-state index < -0.39 is 42.9 Å². The van der Waals surface area contributed by atoms with Gasteiger partial charge in [-0.3, -0.25) is 14.5 Å². The van der Waals surface area contributed by atoms with Crippen molar-refractivity contribution in [3.05, 3.63) is 29.6 Å².